The first-order valence-electron chi connectivity index (χ1n) is 20.3. The molecule has 0 N–H and O–H groups in total. The molecule has 0 radical (unpaired) electrons. The van der Waals surface area contributed by atoms with Gasteiger partial charge in [-0.25, -0.2) is 15.0 Å². The average molecular weight is 770 g/mol. The van der Waals surface area contributed by atoms with Crippen molar-refractivity contribution in [1.82, 2.24) is 15.0 Å². The molecule has 0 unspecified atom stereocenters. The second-order valence-electron chi connectivity index (χ2n) is 15.9. The Morgan fingerprint density at radius 1 is 0.288 bits per heavy atom. The third-order valence-electron chi connectivity index (χ3n) is 12.1. The fourth-order valence-corrected chi connectivity index (χ4v) is 12.4. The molecule has 11 rings (SSSR count). The van der Waals surface area contributed by atoms with E-state index in [0.717, 1.165) is 49.7 Å². The molecule has 0 aliphatic carbocycles. The molecule has 0 saturated carbocycles. The van der Waals surface area contributed by atoms with Gasteiger partial charge in [-0.1, -0.05) is 201 Å². The summed E-state index contributed by atoms with van der Waals surface area (Å²) in [6, 6.07) is 71.7. The van der Waals surface area contributed by atoms with Gasteiger partial charge < -0.3 is 0 Å². The number of hydrogen-bond acceptors (Lipinski definition) is 3. The molecule has 3 nitrogen and oxygen atoms in total. The summed E-state index contributed by atoms with van der Waals surface area (Å²) in [4.78, 5) is 16.1. The largest absolute Gasteiger partial charge is 0.208 e. The third-order valence-corrected chi connectivity index (χ3v) is 15.7. The van der Waals surface area contributed by atoms with Crippen LogP contribution in [0.1, 0.15) is 0 Å². The van der Waals surface area contributed by atoms with Gasteiger partial charge >= 0.3 is 0 Å². The summed E-state index contributed by atoms with van der Waals surface area (Å²) in [6.45, 7) is 4.98. The van der Waals surface area contributed by atoms with E-state index < -0.39 is 8.07 Å². The van der Waals surface area contributed by atoms with Crippen LogP contribution in [0.3, 0.4) is 0 Å². The Labute approximate surface area is 345 Å². The molecule has 2 heterocycles. The van der Waals surface area contributed by atoms with E-state index in [1.54, 1.807) is 0 Å². The van der Waals surface area contributed by atoms with Crippen molar-refractivity contribution < 1.29 is 0 Å². The zero-order chi connectivity index (χ0) is 39.5. The molecule has 1 aliphatic rings. The molecule has 0 bridgehead atoms. The van der Waals surface area contributed by atoms with Crippen LogP contribution in [-0.4, -0.2) is 23.0 Å². The van der Waals surface area contributed by atoms with Crippen molar-refractivity contribution in [2.75, 3.05) is 0 Å². The van der Waals surface area contributed by atoms with Crippen molar-refractivity contribution in [3.8, 4) is 78.7 Å². The Hall–Kier alpha value is -7.27. The smallest absolute Gasteiger partial charge is 0.165 e. The van der Waals surface area contributed by atoms with Crippen LogP contribution in [-0.2, 0) is 0 Å². The van der Waals surface area contributed by atoms with Crippen molar-refractivity contribution in [1.29, 1.82) is 0 Å². The summed E-state index contributed by atoms with van der Waals surface area (Å²) in [6.07, 6.45) is 0. The van der Waals surface area contributed by atoms with E-state index in [0.29, 0.717) is 17.5 Å². The summed E-state index contributed by atoms with van der Waals surface area (Å²) < 4.78 is 0. The summed E-state index contributed by atoms with van der Waals surface area (Å²) in [5, 5.41) is 7.58. The quantitative estimate of drug-likeness (QED) is 0.125. The van der Waals surface area contributed by atoms with E-state index in [9.17, 15) is 0 Å². The minimum absolute atomic E-state index is 0.634. The van der Waals surface area contributed by atoms with E-state index in [1.165, 1.54) is 43.4 Å². The molecule has 278 valence electrons. The molecular weight excluding hydrogens is 731 g/mol. The van der Waals surface area contributed by atoms with Crippen LogP contribution in [0.15, 0.2) is 200 Å². The number of rotatable bonds is 6. The zero-order valence-corrected chi connectivity index (χ0v) is 33.9. The molecule has 4 heteroatoms. The molecule has 1 aromatic heterocycles. The summed E-state index contributed by atoms with van der Waals surface area (Å²) >= 11 is 0. The molecule has 10 aromatic rings. The van der Waals surface area contributed by atoms with E-state index in [1.807, 2.05) is 12.1 Å². The minimum atomic E-state index is -1.90. The van der Waals surface area contributed by atoms with Crippen LogP contribution in [0.25, 0.3) is 100 Å². The first kappa shape index (κ1) is 34.9. The molecule has 0 amide bonds. The van der Waals surface area contributed by atoms with E-state index in [-0.39, 0.29) is 0 Å². The summed E-state index contributed by atoms with van der Waals surface area (Å²) in [7, 11) is -1.90. The molecule has 9 aromatic carbocycles. The van der Waals surface area contributed by atoms with Gasteiger partial charge in [-0.3, -0.25) is 0 Å². The van der Waals surface area contributed by atoms with Crippen molar-refractivity contribution in [2.45, 2.75) is 13.1 Å². The van der Waals surface area contributed by atoms with Gasteiger partial charge in [0, 0.05) is 16.7 Å². The Bertz CT molecular complexity index is 3090. The predicted molar refractivity (Wildman–Crippen MR) is 250 cm³/mol. The predicted octanol–water partition coefficient (Wildman–Crippen LogP) is 13.0. The van der Waals surface area contributed by atoms with Crippen LogP contribution in [0, 0.1) is 0 Å². The normalized spacial score (nSPS) is 12.7. The van der Waals surface area contributed by atoms with Crippen molar-refractivity contribution in [3.05, 3.63) is 200 Å². The Kier molecular flexibility index (Phi) is 8.28. The molecule has 0 saturated heterocycles. The van der Waals surface area contributed by atoms with E-state index in [4.69, 9.17) is 15.0 Å². The minimum Gasteiger partial charge on any atom is -0.208 e. The standard InChI is InChI=1S/C55H39N3Si/c1-59(2)48-32-14-13-30-46(48)51-47(31-17-33-49(51)59)50-42-26-9-11-28-44(42)52(45-29-12-10-27-43(45)50)55-57-53(40-24-15-22-38(34-40)36-18-5-3-6-19-36)56-54(58-55)41-25-16-23-39(35-41)37-20-7-4-8-21-37/h3-35H,1-2H3. The van der Waals surface area contributed by atoms with Gasteiger partial charge in [-0.05, 0) is 88.6 Å². The monoisotopic (exact) mass is 769 g/mol. The number of aromatic nitrogens is 3. The first-order chi connectivity index (χ1) is 29.0. The van der Waals surface area contributed by atoms with Crippen LogP contribution >= 0.6 is 0 Å². The van der Waals surface area contributed by atoms with Crippen molar-refractivity contribution in [3.63, 3.8) is 0 Å². The van der Waals surface area contributed by atoms with Gasteiger partial charge in [0.15, 0.2) is 17.5 Å². The lowest BCUT2D eigenvalue weighted by molar-refractivity contribution is 1.08. The van der Waals surface area contributed by atoms with Crippen LogP contribution < -0.4 is 10.4 Å². The molecular formula is C55H39N3Si. The fraction of sp³-hybridized carbons (Fsp3) is 0.0364. The van der Waals surface area contributed by atoms with Crippen LogP contribution in [0.5, 0.6) is 0 Å². The van der Waals surface area contributed by atoms with Crippen LogP contribution in [0.4, 0.5) is 0 Å². The van der Waals surface area contributed by atoms with Gasteiger partial charge in [0.2, 0.25) is 0 Å². The zero-order valence-electron chi connectivity index (χ0n) is 32.9. The number of hydrogen-bond donors (Lipinski definition) is 0. The Balaban J connectivity index is 1.19. The molecule has 0 atom stereocenters. The third kappa shape index (κ3) is 5.83. The maximum Gasteiger partial charge on any atom is 0.165 e. The van der Waals surface area contributed by atoms with Gasteiger partial charge in [0.1, 0.15) is 8.07 Å². The van der Waals surface area contributed by atoms with Crippen molar-refractivity contribution >= 4 is 40.0 Å². The summed E-state index contributed by atoms with van der Waals surface area (Å²) in [5.41, 5.74) is 12.7. The average Bonchev–Trinajstić information content (AvgIpc) is 3.54. The molecule has 0 fully saturated rings. The summed E-state index contributed by atoms with van der Waals surface area (Å²) in [5.74, 6) is 1.92. The highest BCUT2D eigenvalue weighted by atomic mass is 28.3. The highest BCUT2D eigenvalue weighted by molar-refractivity contribution is 7.04. The van der Waals surface area contributed by atoms with Crippen molar-refractivity contribution in [2.24, 2.45) is 0 Å². The fourth-order valence-electron chi connectivity index (χ4n) is 9.31. The molecule has 59 heavy (non-hydrogen) atoms. The lowest BCUT2D eigenvalue weighted by Gasteiger charge is -2.21. The topological polar surface area (TPSA) is 38.7 Å². The highest BCUT2D eigenvalue weighted by Gasteiger charge is 2.39. The lowest BCUT2D eigenvalue weighted by Crippen LogP contribution is -2.49. The second kappa shape index (κ2) is 14.0. The molecule has 0 spiro atoms. The highest BCUT2D eigenvalue weighted by Crippen LogP contribution is 2.46. The molecule has 1 aliphatic heterocycles. The number of benzene rings is 9. The van der Waals surface area contributed by atoms with E-state index >= 15 is 0 Å². The lowest BCUT2D eigenvalue weighted by atomic mass is 9.85. The van der Waals surface area contributed by atoms with E-state index in [2.05, 4.69) is 201 Å². The number of fused-ring (bicyclic) bond motifs is 5. The maximum absolute atomic E-state index is 5.41. The van der Waals surface area contributed by atoms with Crippen LogP contribution in [0.2, 0.25) is 13.1 Å². The Morgan fingerprint density at radius 2 is 0.678 bits per heavy atom. The first-order valence-corrected chi connectivity index (χ1v) is 23.3. The van der Waals surface area contributed by atoms with Gasteiger partial charge in [-0.15, -0.1) is 0 Å². The SMILES string of the molecule is C[Si]1(C)c2ccccc2-c2c(-c3c4ccccc4c(-c4nc(-c5cccc(-c6ccccc6)c5)nc(-c5cccc(-c6ccccc6)c5)n4)c4ccccc34)cccc21. The Morgan fingerprint density at radius 3 is 1.24 bits per heavy atom. The van der Waals surface area contributed by atoms with Gasteiger partial charge in [0.05, 0.1) is 0 Å². The number of nitrogens with zero attached hydrogens (tertiary/aromatic N) is 3. The van der Waals surface area contributed by atoms with Gasteiger partial charge in [0.25, 0.3) is 0 Å². The van der Waals surface area contributed by atoms with Gasteiger partial charge in [-0.2, -0.15) is 0 Å². The second-order valence-corrected chi connectivity index (χ2v) is 20.3. The maximum atomic E-state index is 5.41.